The van der Waals surface area contributed by atoms with Gasteiger partial charge in [0.05, 0.1) is 18.1 Å². The number of aliphatic hydroxyl groups is 2. The van der Waals surface area contributed by atoms with Gasteiger partial charge in [-0.2, -0.15) is 0 Å². The van der Waals surface area contributed by atoms with E-state index in [0.717, 1.165) is 38.5 Å². The summed E-state index contributed by atoms with van der Waals surface area (Å²) < 4.78 is 5.81. The van der Waals surface area contributed by atoms with Crippen LogP contribution in [0.1, 0.15) is 58.8 Å². The van der Waals surface area contributed by atoms with Crippen molar-refractivity contribution in [1.82, 2.24) is 0 Å². The van der Waals surface area contributed by atoms with Crippen LogP contribution in [0, 0.1) is 34.5 Å². The summed E-state index contributed by atoms with van der Waals surface area (Å²) in [4.78, 5) is 12.8. The van der Waals surface area contributed by atoms with Crippen LogP contribution in [0.2, 0.25) is 0 Å². The van der Waals surface area contributed by atoms with Crippen molar-refractivity contribution < 1.29 is 19.7 Å². The molecule has 0 aromatic rings. The Balaban J connectivity index is 1.72. The molecule has 9 atom stereocenters. The van der Waals surface area contributed by atoms with Gasteiger partial charge in [0.15, 0.2) is 5.78 Å². The van der Waals surface area contributed by atoms with E-state index in [1.807, 2.05) is 0 Å². The number of hydrogen-bond acceptors (Lipinski definition) is 4. The van der Waals surface area contributed by atoms with Crippen LogP contribution in [0.25, 0.3) is 0 Å². The van der Waals surface area contributed by atoms with Crippen molar-refractivity contribution in [2.45, 2.75) is 77.1 Å². The second-order valence-electron chi connectivity index (χ2n) is 9.46. The lowest BCUT2D eigenvalue weighted by Crippen LogP contribution is -2.62. The molecule has 0 aliphatic heterocycles. The Hall–Kier alpha value is -0.450. The Labute approximate surface area is 145 Å². The lowest BCUT2D eigenvalue weighted by Gasteiger charge is -2.61. The molecule has 2 unspecified atom stereocenters. The molecule has 0 saturated heterocycles. The van der Waals surface area contributed by atoms with E-state index >= 15 is 0 Å². The number of methoxy groups -OCH3 is 1. The lowest BCUT2D eigenvalue weighted by molar-refractivity contribution is -0.187. The lowest BCUT2D eigenvalue weighted by atomic mass is 9.44. The number of rotatable bonds is 1. The Bertz CT molecular complexity index is 534. The Morgan fingerprint density at radius 3 is 2.38 bits per heavy atom. The molecule has 136 valence electrons. The van der Waals surface area contributed by atoms with Gasteiger partial charge in [0.25, 0.3) is 0 Å². The maximum absolute atomic E-state index is 12.8. The van der Waals surface area contributed by atoms with Crippen molar-refractivity contribution in [3.05, 3.63) is 0 Å². The number of carbonyl (C=O) groups excluding carboxylic acids is 1. The van der Waals surface area contributed by atoms with E-state index in [1.165, 1.54) is 0 Å². The van der Waals surface area contributed by atoms with Crippen molar-refractivity contribution in [3.8, 4) is 0 Å². The van der Waals surface area contributed by atoms with Crippen LogP contribution in [0.5, 0.6) is 0 Å². The molecule has 4 aliphatic rings. The van der Waals surface area contributed by atoms with E-state index in [9.17, 15) is 15.0 Å². The highest BCUT2D eigenvalue weighted by atomic mass is 16.5. The van der Waals surface area contributed by atoms with Gasteiger partial charge < -0.3 is 14.9 Å². The van der Waals surface area contributed by atoms with Gasteiger partial charge in [-0.05, 0) is 73.5 Å². The van der Waals surface area contributed by atoms with Crippen LogP contribution in [-0.2, 0) is 9.53 Å². The van der Waals surface area contributed by atoms with Gasteiger partial charge in [0.1, 0.15) is 6.10 Å². The quantitative estimate of drug-likeness (QED) is 0.772. The van der Waals surface area contributed by atoms with Gasteiger partial charge in [-0.15, -0.1) is 0 Å². The van der Waals surface area contributed by atoms with E-state index in [4.69, 9.17) is 4.74 Å². The van der Waals surface area contributed by atoms with Gasteiger partial charge in [-0.3, -0.25) is 4.79 Å². The summed E-state index contributed by atoms with van der Waals surface area (Å²) in [5.74, 6) is 1.45. The first-order valence-electron chi connectivity index (χ1n) is 9.75. The summed E-state index contributed by atoms with van der Waals surface area (Å²) in [5.41, 5.74) is -0.0182. The number of carbonyl (C=O) groups is 1. The van der Waals surface area contributed by atoms with E-state index in [0.29, 0.717) is 24.2 Å². The Morgan fingerprint density at radius 2 is 1.67 bits per heavy atom. The van der Waals surface area contributed by atoms with Crippen LogP contribution in [-0.4, -0.2) is 41.4 Å². The fraction of sp³-hybridized carbons (Fsp3) is 0.950. The van der Waals surface area contributed by atoms with Crippen molar-refractivity contribution in [1.29, 1.82) is 0 Å². The molecule has 4 heteroatoms. The molecule has 4 rings (SSSR count). The molecule has 4 fully saturated rings. The molecule has 2 N–H and O–H groups in total. The standard InChI is InChI=1S/C20H32O4/c1-19-8-6-13-11(12(19)4-5-16(19)22)10-15(24-3)17-18(23)14(21)7-9-20(13,17)2/h11-17,21-22H,4-10H2,1-3H3/t11-,12-,13-,14-,15?,16-,17?,19-,20+/m0/s1. The van der Waals surface area contributed by atoms with Gasteiger partial charge >= 0.3 is 0 Å². The van der Waals surface area contributed by atoms with E-state index < -0.39 is 6.10 Å². The number of ketones is 1. The summed E-state index contributed by atoms with van der Waals surface area (Å²) in [6.45, 7) is 4.55. The molecule has 0 radical (unpaired) electrons. The van der Waals surface area contributed by atoms with Crippen molar-refractivity contribution in [2.75, 3.05) is 7.11 Å². The molecule has 4 saturated carbocycles. The van der Waals surface area contributed by atoms with Crippen molar-refractivity contribution in [2.24, 2.45) is 34.5 Å². The molecule has 0 bridgehead atoms. The maximum atomic E-state index is 12.8. The highest BCUT2D eigenvalue weighted by Gasteiger charge is 2.64. The number of hydrogen-bond donors (Lipinski definition) is 2. The topological polar surface area (TPSA) is 66.8 Å². The third-order valence-electron chi connectivity index (χ3n) is 8.72. The minimum atomic E-state index is -0.806. The van der Waals surface area contributed by atoms with Crippen LogP contribution in [0.15, 0.2) is 0 Å². The summed E-state index contributed by atoms with van der Waals surface area (Å²) >= 11 is 0. The predicted molar refractivity (Wildman–Crippen MR) is 90.3 cm³/mol. The molecule has 0 aromatic heterocycles. The normalized spacial score (nSPS) is 57.2. The summed E-state index contributed by atoms with van der Waals surface area (Å²) in [6, 6.07) is 0. The zero-order valence-electron chi connectivity index (χ0n) is 15.2. The van der Waals surface area contributed by atoms with Crippen LogP contribution in [0.3, 0.4) is 0 Å². The van der Waals surface area contributed by atoms with E-state index in [-0.39, 0.29) is 34.7 Å². The number of Topliss-reactive ketones (excluding diaryl/α,β-unsaturated/α-hetero) is 1. The second-order valence-corrected chi connectivity index (χ2v) is 9.46. The molecule has 4 aliphatic carbocycles. The highest BCUT2D eigenvalue weighted by molar-refractivity contribution is 5.87. The first-order chi connectivity index (χ1) is 11.3. The average Bonchev–Trinajstić information content (AvgIpc) is 2.86. The number of aliphatic hydroxyl groups excluding tert-OH is 2. The Morgan fingerprint density at radius 1 is 1.00 bits per heavy atom. The number of fused-ring (bicyclic) bond motifs is 5. The summed E-state index contributed by atoms with van der Waals surface area (Å²) in [7, 11) is 1.71. The molecular weight excluding hydrogens is 304 g/mol. The smallest absolute Gasteiger partial charge is 0.167 e. The molecule has 24 heavy (non-hydrogen) atoms. The van der Waals surface area contributed by atoms with E-state index in [2.05, 4.69) is 13.8 Å². The van der Waals surface area contributed by atoms with E-state index in [1.54, 1.807) is 7.11 Å². The molecule has 4 nitrogen and oxygen atoms in total. The average molecular weight is 336 g/mol. The predicted octanol–water partition coefficient (Wildman–Crippen LogP) is 2.55. The molecule has 0 aromatic carbocycles. The SMILES string of the molecule is COC1C[C@H]2[C@@H]3CC[C@H](O)[C@@]3(C)CC[C@@H]2[C@@]2(C)CC[C@H](O)C(=O)C12. The number of ether oxygens (including phenoxy) is 1. The zero-order valence-corrected chi connectivity index (χ0v) is 15.2. The van der Waals surface area contributed by atoms with Gasteiger partial charge in [0, 0.05) is 7.11 Å². The first kappa shape index (κ1) is 17.0. The van der Waals surface area contributed by atoms with Crippen LogP contribution >= 0.6 is 0 Å². The first-order valence-corrected chi connectivity index (χ1v) is 9.75. The van der Waals surface area contributed by atoms with Crippen LogP contribution < -0.4 is 0 Å². The summed E-state index contributed by atoms with van der Waals surface area (Å²) in [6.07, 6.45) is 5.54. The second kappa shape index (κ2) is 5.52. The van der Waals surface area contributed by atoms with Gasteiger partial charge in [0.2, 0.25) is 0 Å². The van der Waals surface area contributed by atoms with Gasteiger partial charge in [-0.25, -0.2) is 0 Å². The summed E-state index contributed by atoms with van der Waals surface area (Å²) in [5, 5.41) is 20.7. The van der Waals surface area contributed by atoms with Gasteiger partial charge in [-0.1, -0.05) is 13.8 Å². The van der Waals surface area contributed by atoms with Crippen molar-refractivity contribution in [3.63, 3.8) is 0 Å². The maximum Gasteiger partial charge on any atom is 0.167 e. The zero-order chi connectivity index (χ0) is 17.3. The van der Waals surface area contributed by atoms with Crippen LogP contribution in [0.4, 0.5) is 0 Å². The largest absolute Gasteiger partial charge is 0.393 e. The fourth-order valence-electron chi connectivity index (χ4n) is 7.35. The highest BCUT2D eigenvalue weighted by Crippen LogP contribution is 2.66. The molecular formula is C20H32O4. The minimum absolute atomic E-state index is 0.00819. The third-order valence-corrected chi connectivity index (χ3v) is 8.72. The third kappa shape index (κ3) is 2.05. The molecule has 0 heterocycles. The Kier molecular flexibility index (Phi) is 3.91. The fourth-order valence-corrected chi connectivity index (χ4v) is 7.35. The molecule has 0 amide bonds. The molecule has 0 spiro atoms. The van der Waals surface area contributed by atoms with Crippen molar-refractivity contribution >= 4 is 5.78 Å². The minimum Gasteiger partial charge on any atom is -0.393 e. The monoisotopic (exact) mass is 336 g/mol.